The van der Waals surface area contributed by atoms with E-state index in [-0.39, 0.29) is 11.5 Å². The summed E-state index contributed by atoms with van der Waals surface area (Å²) >= 11 is 6.40. The first-order valence-corrected chi connectivity index (χ1v) is 12.4. The number of nitrogens with zero attached hydrogens (tertiary/aromatic N) is 4. The Kier molecular flexibility index (Phi) is 9.32. The molecule has 36 heavy (non-hydrogen) atoms. The van der Waals surface area contributed by atoms with Gasteiger partial charge in [0.25, 0.3) is 5.56 Å². The SMILES string of the molecule is CC=C(C=CCC)n1c(C(C)N=C(CC)C(C)C#Cc2ccc(F)cn2)nc2cccc(Cl)c2c1=O. The molecule has 0 radical (unpaired) electrons. The molecular formula is C29H30ClFN4O. The molecule has 0 aliphatic rings. The Hall–Kier alpha value is -3.56. The predicted octanol–water partition coefficient (Wildman–Crippen LogP) is 7.01. The Bertz CT molecular complexity index is 1440. The van der Waals surface area contributed by atoms with Crippen LogP contribution in [-0.2, 0) is 0 Å². The molecule has 0 N–H and O–H groups in total. The molecule has 3 aromatic rings. The van der Waals surface area contributed by atoms with E-state index in [2.05, 4.69) is 16.8 Å². The Morgan fingerprint density at radius 1 is 1.25 bits per heavy atom. The molecule has 1 aromatic carbocycles. The zero-order valence-electron chi connectivity index (χ0n) is 21.2. The van der Waals surface area contributed by atoms with E-state index in [0.29, 0.717) is 39.6 Å². The molecule has 0 aliphatic heterocycles. The minimum atomic E-state index is -0.422. The van der Waals surface area contributed by atoms with E-state index < -0.39 is 11.9 Å². The maximum absolute atomic E-state index is 13.7. The summed E-state index contributed by atoms with van der Waals surface area (Å²) in [5.74, 6) is 6.10. The van der Waals surface area contributed by atoms with Crippen LogP contribution in [0, 0.1) is 23.6 Å². The van der Waals surface area contributed by atoms with Crippen molar-refractivity contribution >= 4 is 33.9 Å². The summed E-state index contributed by atoms with van der Waals surface area (Å²) in [4.78, 5) is 27.4. The van der Waals surface area contributed by atoms with E-state index in [1.807, 2.05) is 52.8 Å². The molecule has 0 aliphatic carbocycles. The first-order valence-electron chi connectivity index (χ1n) is 12.0. The van der Waals surface area contributed by atoms with Gasteiger partial charge in [0.1, 0.15) is 23.4 Å². The maximum atomic E-state index is 13.7. The number of allylic oxidation sites excluding steroid dienone is 4. The van der Waals surface area contributed by atoms with Crippen LogP contribution >= 0.6 is 11.6 Å². The van der Waals surface area contributed by atoms with Crippen molar-refractivity contribution in [1.29, 1.82) is 0 Å². The third-order valence-corrected chi connectivity index (χ3v) is 6.01. The summed E-state index contributed by atoms with van der Waals surface area (Å²) in [6.07, 6.45) is 8.44. The topological polar surface area (TPSA) is 60.1 Å². The van der Waals surface area contributed by atoms with Gasteiger partial charge in [-0.1, -0.05) is 49.6 Å². The van der Waals surface area contributed by atoms with Crippen LogP contribution in [0.4, 0.5) is 4.39 Å². The third-order valence-electron chi connectivity index (χ3n) is 5.69. The molecule has 0 saturated carbocycles. The summed E-state index contributed by atoms with van der Waals surface area (Å²) in [5.41, 5.74) is 2.37. The highest BCUT2D eigenvalue weighted by Crippen LogP contribution is 2.25. The minimum absolute atomic E-state index is 0.166. The highest BCUT2D eigenvalue weighted by atomic mass is 35.5. The number of hydrogen-bond donors (Lipinski definition) is 0. The van der Waals surface area contributed by atoms with Crippen molar-refractivity contribution in [1.82, 2.24) is 14.5 Å². The molecule has 2 unspecified atom stereocenters. The Morgan fingerprint density at radius 3 is 2.67 bits per heavy atom. The van der Waals surface area contributed by atoms with Crippen molar-refractivity contribution in [3.8, 4) is 11.8 Å². The highest BCUT2D eigenvalue weighted by molar-refractivity contribution is 6.35. The lowest BCUT2D eigenvalue weighted by atomic mass is 10.0. The quantitative estimate of drug-likeness (QED) is 0.197. The Labute approximate surface area is 216 Å². The molecular weight excluding hydrogens is 475 g/mol. The van der Waals surface area contributed by atoms with Gasteiger partial charge in [-0.15, -0.1) is 0 Å². The lowest BCUT2D eigenvalue weighted by Crippen LogP contribution is -2.26. The van der Waals surface area contributed by atoms with Crippen molar-refractivity contribution in [2.75, 3.05) is 0 Å². The summed E-state index contributed by atoms with van der Waals surface area (Å²) in [5, 5.41) is 0.744. The Morgan fingerprint density at radius 2 is 2.03 bits per heavy atom. The second-order valence-electron chi connectivity index (χ2n) is 8.27. The number of pyridine rings is 1. The average molecular weight is 505 g/mol. The van der Waals surface area contributed by atoms with Gasteiger partial charge < -0.3 is 0 Å². The van der Waals surface area contributed by atoms with Crippen LogP contribution in [0.3, 0.4) is 0 Å². The Balaban J connectivity index is 2.11. The largest absolute Gasteiger partial charge is 0.282 e. The van der Waals surface area contributed by atoms with Gasteiger partial charge >= 0.3 is 0 Å². The summed E-state index contributed by atoms with van der Waals surface area (Å²) in [6, 6.07) is 7.73. The van der Waals surface area contributed by atoms with Crippen LogP contribution in [-0.4, -0.2) is 20.2 Å². The number of rotatable bonds is 7. The minimum Gasteiger partial charge on any atom is -0.282 e. The van der Waals surface area contributed by atoms with Gasteiger partial charge in [0, 0.05) is 11.4 Å². The molecule has 7 heteroatoms. The smallest absolute Gasteiger partial charge is 0.267 e. The van der Waals surface area contributed by atoms with Crippen LogP contribution in [0.15, 0.2) is 64.5 Å². The van der Waals surface area contributed by atoms with E-state index >= 15 is 0 Å². The fourth-order valence-electron chi connectivity index (χ4n) is 3.81. The number of aromatic nitrogens is 3. The van der Waals surface area contributed by atoms with E-state index in [9.17, 15) is 9.18 Å². The molecule has 0 saturated heterocycles. The van der Waals surface area contributed by atoms with E-state index in [1.165, 1.54) is 6.07 Å². The van der Waals surface area contributed by atoms with E-state index in [4.69, 9.17) is 21.6 Å². The molecule has 5 nitrogen and oxygen atoms in total. The number of halogens is 2. The third kappa shape index (κ3) is 6.16. The van der Waals surface area contributed by atoms with Crippen molar-refractivity contribution < 1.29 is 4.39 Å². The highest BCUT2D eigenvalue weighted by Gasteiger charge is 2.20. The van der Waals surface area contributed by atoms with Gasteiger partial charge in [0.15, 0.2) is 0 Å². The lowest BCUT2D eigenvalue weighted by Gasteiger charge is -2.19. The molecule has 0 amide bonds. The molecule has 0 fully saturated rings. The van der Waals surface area contributed by atoms with Gasteiger partial charge in [0.2, 0.25) is 0 Å². The van der Waals surface area contributed by atoms with Crippen molar-refractivity contribution in [2.24, 2.45) is 10.9 Å². The van der Waals surface area contributed by atoms with Gasteiger partial charge in [0.05, 0.1) is 28.0 Å². The van der Waals surface area contributed by atoms with Gasteiger partial charge in [-0.05, 0) is 69.9 Å². The van der Waals surface area contributed by atoms with Crippen LogP contribution in [0.25, 0.3) is 16.6 Å². The van der Waals surface area contributed by atoms with Crippen molar-refractivity contribution in [3.05, 3.63) is 87.5 Å². The molecule has 186 valence electrons. The number of aliphatic imine (C=N–C) groups is 1. The zero-order valence-corrected chi connectivity index (χ0v) is 22.0. The second-order valence-corrected chi connectivity index (χ2v) is 8.68. The molecule has 3 rings (SSSR count). The number of benzene rings is 1. The van der Waals surface area contributed by atoms with Gasteiger partial charge in [-0.2, -0.15) is 0 Å². The number of hydrogen-bond acceptors (Lipinski definition) is 4. The first-order chi connectivity index (χ1) is 17.3. The van der Waals surface area contributed by atoms with Crippen LogP contribution in [0.2, 0.25) is 5.02 Å². The molecule has 2 heterocycles. The maximum Gasteiger partial charge on any atom is 0.267 e. The molecule has 2 atom stereocenters. The molecule has 2 aromatic heterocycles. The molecule has 0 spiro atoms. The normalized spacial score (nSPS) is 14.1. The summed E-state index contributed by atoms with van der Waals surface area (Å²) < 4.78 is 14.7. The standard InChI is InChI=1S/C29H30ClFN4O/c1-6-9-11-23(7-2)35-28(34-26-13-10-12-24(30)27(26)29(35)36)20(5)33-25(8-3)19(4)14-16-22-17-15-21(31)18-32-22/h7,9-13,15,17-20H,6,8H2,1-5H3. The fraction of sp³-hybridized carbons (Fsp3) is 0.310. The lowest BCUT2D eigenvalue weighted by molar-refractivity contribution is 0.621. The predicted molar refractivity (Wildman–Crippen MR) is 147 cm³/mol. The van der Waals surface area contributed by atoms with Crippen LogP contribution in [0.5, 0.6) is 0 Å². The van der Waals surface area contributed by atoms with E-state index in [1.54, 1.807) is 28.8 Å². The van der Waals surface area contributed by atoms with Gasteiger partial charge in [-0.25, -0.2) is 14.4 Å². The van der Waals surface area contributed by atoms with Crippen molar-refractivity contribution in [2.45, 2.75) is 53.5 Å². The summed E-state index contributed by atoms with van der Waals surface area (Å²) in [7, 11) is 0. The number of fused-ring (bicyclic) bond motifs is 1. The monoisotopic (exact) mass is 504 g/mol. The summed E-state index contributed by atoms with van der Waals surface area (Å²) in [6.45, 7) is 9.82. The van der Waals surface area contributed by atoms with Crippen LogP contribution in [0.1, 0.15) is 65.0 Å². The van der Waals surface area contributed by atoms with Gasteiger partial charge in [-0.3, -0.25) is 14.4 Å². The second kappa shape index (κ2) is 12.4. The fourth-order valence-corrected chi connectivity index (χ4v) is 4.06. The zero-order chi connectivity index (χ0) is 26.2. The average Bonchev–Trinajstić information content (AvgIpc) is 2.87. The van der Waals surface area contributed by atoms with Crippen molar-refractivity contribution in [3.63, 3.8) is 0 Å². The molecule has 0 bridgehead atoms. The first kappa shape index (κ1) is 27.0. The van der Waals surface area contributed by atoms with Crippen LogP contribution < -0.4 is 5.56 Å². The van der Waals surface area contributed by atoms with E-state index in [0.717, 1.165) is 18.3 Å².